The van der Waals surface area contributed by atoms with Gasteiger partial charge in [0.25, 0.3) is 0 Å². The van der Waals surface area contributed by atoms with E-state index in [1.165, 1.54) is 171 Å². The lowest BCUT2D eigenvalue weighted by Gasteiger charge is -2.04. The van der Waals surface area contributed by atoms with Gasteiger partial charge >= 0.3 is 0 Å². The van der Waals surface area contributed by atoms with Gasteiger partial charge < -0.3 is 5.11 Å². The Morgan fingerprint density at radius 2 is 0.419 bits per heavy atom. The second-order valence-electron chi connectivity index (χ2n) is 9.96. The van der Waals surface area contributed by atoms with Gasteiger partial charge in [-0.15, -0.1) is 0 Å². The molecule has 0 amide bonds. The van der Waals surface area contributed by atoms with Gasteiger partial charge in [0.2, 0.25) is 0 Å². The molecule has 31 heavy (non-hydrogen) atoms. The van der Waals surface area contributed by atoms with Crippen molar-refractivity contribution in [3.63, 3.8) is 0 Å². The topological polar surface area (TPSA) is 20.2 Å². The fraction of sp³-hybridized carbons (Fsp3) is 1.00. The van der Waals surface area contributed by atoms with Gasteiger partial charge in [-0.25, -0.2) is 0 Å². The van der Waals surface area contributed by atoms with Crippen LogP contribution in [0.4, 0.5) is 0 Å². The quantitative estimate of drug-likeness (QED) is 0.0583. The molecule has 0 spiro atoms. The van der Waals surface area contributed by atoms with E-state index in [1.807, 2.05) is 0 Å². The van der Waals surface area contributed by atoms with Crippen molar-refractivity contribution >= 4 is 22.6 Å². The van der Waals surface area contributed by atoms with E-state index in [0.717, 1.165) is 6.42 Å². The van der Waals surface area contributed by atoms with Gasteiger partial charge in [-0.05, 0) is 17.3 Å². The van der Waals surface area contributed by atoms with Crippen LogP contribution in [-0.4, -0.2) is 16.1 Å². The zero-order chi connectivity index (χ0) is 22.5. The maximum Gasteiger partial charge on any atom is 0.0431 e. The van der Waals surface area contributed by atoms with E-state index >= 15 is 0 Å². The molecule has 0 saturated heterocycles. The summed E-state index contributed by atoms with van der Waals surface area (Å²) in [4.78, 5) is 0. The Labute approximate surface area is 211 Å². The molecule has 188 valence electrons. The minimum absolute atomic E-state index is 0.374. The van der Waals surface area contributed by atoms with Gasteiger partial charge in [0.1, 0.15) is 0 Å². The molecule has 0 unspecified atom stereocenters. The van der Waals surface area contributed by atoms with Gasteiger partial charge in [0, 0.05) is 6.61 Å². The van der Waals surface area contributed by atoms with E-state index in [2.05, 4.69) is 22.6 Å². The molecule has 0 saturated carbocycles. The van der Waals surface area contributed by atoms with Gasteiger partial charge in [0.15, 0.2) is 0 Å². The van der Waals surface area contributed by atoms with Gasteiger partial charge in [-0.2, -0.15) is 0 Å². The number of unbranched alkanes of at least 4 members (excludes halogenated alkanes) is 26. The third-order valence-electron chi connectivity index (χ3n) is 6.79. The Hall–Kier alpha value is 0.690. The maximum absolute atomic E-state index is 8.76. The highest BCUT2D eigenvalue weighted by Crippen LogP contribution is 2.16. The summed E-state index contributed by atoms with van der Waals surface area (Å²) in [5.74, 6) is 0. The second-order valence-corrected chi connectivity index (χ2v) is 11.0. The standard InChI is InChI=1S/C29H59IO/c30-28-26-24-22-20-18-16-14-12-10-8-6-4-2-1-3-5-7-9-11-13-15-17-19-21-23-25-27-29-31/h31H,1-29H2. The van der Waals surface area contributed by atoms with Crippen molar-refractivity contribution in [2.75, 3.05) is 11.0 Å². The largest absolute Gasteiger partial charge is 0.396 e. The van der Waals surface area contributed by atoms with Crippen LogP contribution in [-0.2, 0) is 0 Å². The second kappa shape index (κ2) is 30.7. The Balaban J connectivity index is 2.98. The van der Waals surface area contributed by atoms with Crippen LogP contribution in [0, 0.1) is 0 Å². The molecule has 1 nitrogen and oxygen atoms in total. The maximum atomic E-state index is 8.76. The van der Waals surface area contributed by atoms with Crippen LogP contribution in [0.25, 0.3) is 0 Å². The van der Waals surface area contributed by atoms with Crippen molar-refractivity contribution in [2.24, 2.45) is 0 Å². The smallest absolute Gasteiger partial charge is 0.0431 e. The minimum Gasteiger partial charge on any atom is -0.396 e. The summed E-state index contributed by atoms with van der Waals surface area (Å²) in [6.45, 7) is 0.374. The molecular weight excluding hydrogens is 491 g/mol. The van der Waals surface area contributed by atoms with E-state index in [4.69, 9.17) is 5.11 Å². The number of aliphatic hydroxyl groups is 1. The van der Waals surface area contributed by atoms with Crippen molar-refractivity contribution in [3.8, 4) is 0 Å². The molecule has 0 bridgehead atoms. The van der Waals surface area contributed by atoms with E-state index in [9.17, 15) is 0 Å². The molecule has 0 aliphatic rings. The lowest BCUT2D eigenvalue weighted by atomic mass is 10.0. The molecule has 0 aliphatic heterocycles. The summed E-state index contributed by atoms with van der Waals surface area (Å²) >= 11 is 2.50. The van der Waals surface area contributed by atoms with Crippen LogP contribution in [0.2, 0.25) is 0 Å². The van der Waals surface area contributed by atoms with Crippen molar-refractivity contribution < 1.29 is 5.11 Å². The van der Waals surface area contributed by atoms with Crippen molar-refractivity contribution in [3.05, 3.63) is 0 Å². The van der Waals surface area contributed by atoms with Crippen molar-refractivity contribution in [1.82, 2.24) is 0 Å². The highest BCUT2D eigenvalue weighted by atomic mass is 127. The Bertz CT molecular complexity index is 266. The van der Waals surface area contributed by atoms with Crippen LogP contribution in [0.5, 0.6) is 0 Å². The predicted octanol–water partition coefficient (Wildman–Crippen LogP) is 10.9. The van der Waals surface area contributed by atoms with Gasteiger partial charge in [-0.1, -0.05) is 183 Å². The van der Waals surface area contributed by atoms with Crippen molar-refractivity contribution in [2.45, 2.75) is 173 Å². The number of aliphatic hydroxyl groups excluding tert-OH is 1. The Morgan fingerprint density at radius 3 is 0.581 bits per heavy atom. The Morgan fingerprint density at radius 1 is 0.258 bits per heavy atom. The molecule has 0 aromatic rings. The SMILES string of the molecule is OCCCCCCCCCCCCCCCCCCCCCCCCCCCCCI. The fourth-order valence-corrected chi connectivity index (χ4v) is 5.17. The first-order chi connectivity index (χ1) is 15.4. The number of hydrogen-bond donors (Lipinski definition) is 1. The molecule has 0 aliphatic carbocycles. The molecule has 0 radical (unpaired) electrons. The monoisotopic (exact) mass is 550 g/mol. The normalized spacial score (nSPS) is 11.4. The summed E-state index contributed by atoms with van der Waals surface area (Å²) in [6.07, 6.45) is 38.7. The first-order valence-electron chi connectivity index (χ1n) is 14.6. The molecule has 1 N–H and O–H groups in total. The number of hydrogen-bond acceptors (Lipinski definition) is 1. The summed E-state index contributed by atoms with van der Waals surface area (Å²) in [7, 11) is 0. The molecule has 0 atom stereocenters. The Kier molecular flexibility index (Phi) is 31.4. The average Bonchev–Trinajstić information content (AvgIpc) is 2.78. The van der Waals surface area contributed by atoms with Gasteiger partial charge in [0.05, 0.1) is 0 Å². The summed E-state index contributed by atoms with van der Waals surface area (Å²) in [5, 5.41) is 8.76. The third-order valence-corrected chi connectivity index (χ3v) is 7.55. The lowest BCUT2D eigenvalue weighted by Crippen LogP contribution is -1.85. The van der Waals surface area contributed by atoms with E-state index in [-0.39, 0.29) is 0 Å². The molecule has 0 heterocycles. The average molecular weight is 551 g/mol. The van der Waals surface area contributed by atoms with E-state index in [1.54, 1.807) is 0 Å². The zero-order valence-corrected chi connectivity index (χ0v) is 23.5. The molecule has 0 aromatic carbocycles. The number of rotatable bonds is 28. The molecule has 2 heteroatoms. The first kappa shape index (κ1) is 31.7. The summed E-state index contributed by atoms with van der Waals surface area (Å²) in [6, 6.07) is 0. The highest BCUT2D eigenvalue weighted by molar-refractivity contribution is 14.1. The summed E-state index contributed by atoms with van der Waals surface area (Å²) in [5.41, 5.74) is 0. The van der Waals surface area contributed by atoms with Gasteiger partial charge in [-0.3, -0.25) is 0 Å². The number of alkyl halides is 1. The third kappa shape index (κ3) is 30.7. The zero-order valence-electron chi connectivity index (χ0n) is 21.3. The molecule has 0 aromatic heterocycles. The lowest BCUT2D eigenvalue weighted by molar-refractivity contribution is 0.282. The van der Waals surface area contributed by atoms with Crippen LogP contribution in [0.15, 0.2) is 0 Å². The summed E-state index contributed by atoms with van der Waals surface area (Å²) < 4.78 is 1.34. The van der Waals surface area contributed by atoms with Crippen LogP contribution in [0.1, 0.15) is 173 Å². The highest BCUT2D eigenvalue weighted by Gasteiger charge is 1.96. The van der Waals surface area contributed by atoms with Crippen LogP contribution >= 0.6 is 22.6 Å². The van der Waals surface area contributed by atoms with E-state index in [0.29, 0.717) is 6.61 Å². The first-order valence-corrected chi connectivity index (χ1v) is 16.1. The molecule has 0 fully saturated rings. The number of halogens is 1. The molecule has 0 rings (SSSR count). The van der Waals surface area contributed by atoms with Crippen molar-refractivity contribution in [1.29, 1.82) is 0 Å². The van der Waals surface area contributed by atoms with Crippen LogP contribution in [0.3, 0.4) is 0 Å². The minimum atomic E-state index is 0.374. The molecular formula is C29H59IO. The predicted molar refractivity (Wildman–Crippen MR) is 151 cm³/mol. The van der Waals surface area contributed by atoms with E-state index < -0.39 is 0 Å². The fourth-order valence-electron chi connectivity index (χ4n) is 4.63. The van der Waals surface area contributed by atoms with Crippen LogP contribution < -0.4 is 0 Å².